The monoisotopic (exact) mass is 355 g/mol. The molecule has 0 bridgehead atoms. The molecule has 25 heavy (non-hydrogen) atoms. The molecule has 2 aromatic carbocycles. The Balaban J connectivity index is 2.11. The largest absolute Gasteiger partial charge is 0.465 e. The summed E-state index contributed by atoms with van der Waals surface area (Å²) in [5.41, 5.74) is 6.08. The molecule has 1 N–H and O–H groups in total. The van der Waals surface area contributed by atoms with E-state index in [-0.39, 0.29) is 0 Å². The number of rotatable bonds is 2. The molecule has 4 heteroatoms. The fourth-order valence-electron chi connectivity index (χ4n) is 3.50. The summed E-state index contributed by atoms with van der Waals surface area (Å²) in [6.07, 6.45) is -0.0601. The van der Waals surface area contributed by atoms with Gasteiger partial charge in [-0.15, -0.1) is 0 Å². The van der Waals surface area contributed by atoms with Gasteiger partial charge in [-0.3, -0.25) is 4.90 Å². The molecule has 0 atom stereocenters. The van der Waals surface area contributed by atoms with Crippen molar-refractivity contribution in [2.75, 3.05) is 4.90 Å². The predicted octanol–water partition coefficient (Wildman–Crippen LogP) is 6.00. The minimum atomic E-state index is -0.945. The number of nitrogens with zero attached hydrogens (tertiary/aromatic N) is 1. The van der Waals surface area contributed by atoms with E-state index in [4.69, 9.17) is 11.6 Å². The van der Waals surface area contributed by atoms with Crippen molar-refractivity contribution in [2.45, 2.75) is 39.7 Å². The van der Waals surface area contributed by atoms with E-state index >= 15 is 0 Å². The summed E-state index contributed by atoms with van der Waals surface area (Å²) < 4.78 is 0. The lowest BCUT2D eigenvalue weighted by molar-refractivity contribution is 0.195. The molecule has 0 heterocycles. The van der Waals surface area contributed by atoms with E-state index in [9.17, 15) is 9.90 Å². The number of halogens is 1. The molecule has 3 rings (SSSR count). The van der Waals surface area contributed by atoms with Gasteiger partial charge < -0.3 is 5.11 Å². The molecule has 1 aliphatic carbocycles. The Morgan fingerprint density at radius 1 is 1.12 bits per heavy atom. The van der Waals surface area contributed by atoms with Crippen molar-refractivity contribution in [1.82, 2.24) is 0 Å². The first-order chi connectivity index (χ1) is 11.7. The van der Waals surface area contributed by atoms with Crippen LogP contribution in [-0.2, 0) is 6.42 Å². The van der Waals surface area contributed by atoms with Gasteiger partial charge in [-0.05, 0) is 80.6 Å². The summed E-state index contributed by atoms with van der Waals surface area (Å²) in [5.74, 6) is 0. The number of fused-ring (bicyclic) bond motifs is 1. The molecule has 0 saturated carbocycles. The van der Waals surface area contributed by atoms with Crippen molar-refractivity contribution in [2.24, 2.45) is 0 Å². The van der Waals surface area contributed by atoms with Crippen LogP contribution in [0.15, 0.2) is 48.0 Å². The summed E-state index contributed by atoms with van der Waals surface area (Å²) in [4.78, 5) is 13.2. The van der Waals surface area contributed by atoms with Crippen molar-refractivity contribution < 1.29 is 9.90 Å². The van der Waals surface area contributed by atoms with Crippen LogP contribution < -0.4 is 4.90 Å². The average Bonchev–Trinajstić information content (AvgIpc) is 2.82. The summed E-state index contributed by atoms with van der Waals surface area (Å²) in [6.45, 7) is 7.82. The number of amides is 1. The Morgan fingerprint density at radius 3 is 2.32 bits per heavy atom. The van der Waals surface area contributed by atoms with Crippen molar-refractivity contribution in [1.29, 1.82) is 0 Å². The van der Waals surface area contributed by atoms with Crippen LogP contribution in [0.2, 0.25) is 5.02 Å². The van der Waals surface area contributed by atoms with Crippen LogP contribution in [0.3, 0.4) is 0 Å². The van der Waals surface area contributed by atoms with Gasteiger partial charge in [-0.1, -0.05) is 35.4 Å². The molecule has 0 fully saturated rings. The zero-order valence-electron chi connectivity index (χ0n) is 14.9. The third-order valence-electron chi connectivity index (χ3n) is 4.50. The van der Waals surface area contributed by atoms with Crippen molar-refractivity contribution in [3.05, 3.63) is 69.8 Å². The maximum atomic E-state index is 11.8. The van der Waals surface area contributed by atoms with Gasteiger partial charge in [0.05, 0.1) is 0 Å². The standard InChI is InChI=1S/C21H22ClNO2/c1-13-11-15-7-10-17(23(20(24)25)21(2,3)4)12-18(15)19(13)14-5-8-16(22)9-6-14/h5-10,12H,11H2,1-4H3,(H,24,25). The van der Waals surface area contributed by atoms with Gasteiger partial charge in [0.15, 0.2) is 0 Å². The van der Waals surface area contributed by atoms with E-state index in [1.807, 2.05) is 63.2 Å². The fraction of sp³-hybridized carbons (Fsp3) is 0.286. The maximum Gasteiger partial charge on any atom is 0.412 e. The third kappa shape index (κ3) is 3.29. The number of carboxylic acid groups (broad SMARTS) is 1. The second-order valence-corrected chi connectivity index (χ2v) is 7.91. The van der Waals surface area contributed by atoms with Crippen molar-refractivity contribution >= 4 is 29.0 Å². The van der Waals surface area contributed by atoms with E-state index < -0.39 is 11.6 Å². The fourth-order valence-corrected chi connectivity index (χ4v) is 3.62. The minimum absolute atomic E-state index is 0.516. The minimum Gasteiger partial charge on any atom is -0.465 e. The number of anilines is 1. The molecule has 1 amide bonds. The summed E-state index contributed by atoms with van der Waals surface area (Å²) >= 11 is 6.02. The number of allylic oxidation sites excluding steroid dienone is 1. The second-order valence-electron chi connectivity index (χ2n) is 7.47. The molecule has 3 nitrogen and oxygen atoms in total. The molecule has 130 valence electrons. The highest BCUT2D eigenvalue weighted by molar-refractivity contribution is 6.30. The SMILES string of the molecule is CC1=C(c2ccc(Cl)cc2)c2cc(N(C(=O)O)C(C)(C)C)ccc2C1. The van der Waals surface area contributed by atoms with Crippen LogP contribution in [0.4, 0.5) is 10.5 Å². The lowest BCUT2D eigenvalue weighted by Crippen LogP contribution is -2.45. The number of hydrogen-bond acceptors (Lipinski definition) is 1. The molecule has 0 aromatic heterocycles. The molecular weight excluding hydrogens is 334 g/mol. The summed E-state index contributed by atoms with van der Waals surface area (Å²) in [7, 11) is 0. The van der Waals surface area contributed by atoms with Crippen LogP contribution in [0.5, 0.6) is 0 Å². The summed E-state index contributed by atoms with van der Waals surface area (Å²) in [5, 5.41) is 10.4. The van der Waals surface area contributed by atoms with Crippen LogP contribution in [0, 0.1) is 0 Å². The van der Waals surface area contributed by atoms with Crippen LogP contribution in [0.25, 0.3) is 5.57 Å². The van der Waals surface area contributed by atoms with Gasteiger partial charge in [0.2, 0.25) is 0 Å². The normalized spacial score (nSPS) is 13.8. The Labute approximate surface area is 153 Å². The first-order valence-corrected chi connectivity index (χ1v) is 8.68. The first-order valence-electron chi connectivity index (χ1n) is 8.30. The molecule has 0 saturated heterocycles. The zero-order chi connectivity index (χ0) is 18.4. The highest BCUT2D eigenvalue weighted by Crippen LogP contribution is 2.40. The van der Waals surface area contributed by atoms with E-state index in [0.29, 0.717) is 10.7 Å². The Kier molecular flexibility index (Phi) is 4.38. The second kappa shape index (κ2) is 6.23. The van der Waals surface area contributed by atoms with E-state index in [0.717, 1.165) is 17.5 Å². The highest BCUT2D eigenvalue weighted by atomic mass is 35.5. The highest BCUT2D eigenvalue weighted by Gasteiger charge is 2.29. The maximum absolute atomic E-state index is 11.8. The molecular formula is C21H22ClNO2. The third-order valence-corrected chi connectivity index (χ3v) is 4.75. The van der Waals surface area contributed by atoms with Crippen LogP contribution in [0.1, 0.15) is 44.4 Å². The quantitative estimate of drug-likeness (QED) is 0.717. The van der Waals surface area contributed by atoms with Gasteiger partial charge in [0.25, 0.3) is 0 Å². The first kappa shape index (κ1) is 17.6. The van der Waals surface area contributed by atoms with Crippen LogP contribution >= 0.6 is 11.6 Å². The zero-order valence-corrected chi connectivity index (χ0v) is 15.7. The Hall–Kier alpha value is -2.26. The molecule has 0 spiro atoms. The molecule has 2 aromatic rings. The molecule has 1 aliphatic rings. The molecule has 0 aliphatic heterocycles. The molecule has 0 radical (unpaired) electrons. The number of carbonyl (C=O) groups is 1. The van der Waals surface area contributed by atoms with Crippen LogP contribution in [-0.4, -0.2) is 16.7 Å². The van der Waals surface area contributed by atoms with Crippen molar-refractivity contribution in [3.8, 4) is 0 Å². The van der Waals surface area contributed by atoms with Gasteiger partial charge in [-0.2, -0.15) is 0 Å². The van der Waals surface area contributed by atoms with Gasteiger partial charge in [0.1, 0.15) is 0 Å². The topological polar surface area (TPSA) is 40.5 Å². The Bertz CT molecular complexity index is 860. The average molecular weight is 356 g/mol. The van der Waals surface area contributed by atoms with Gasteiger partial charge in [0, 0.05) is 16.2 Å². The lowest BCUT2D eigenvalue weighted by atomic mass is 9.96. The van der Waals surface area contributed by atoms with E-state index in [1.165, 1.54) is 21.6 Å². The smallest absolute Gasteiger partial charge is 0.412 e. The van der Waals surface area contributed by atoms with E-state index in [2.05, 4.69) is 6.92 Å². The van der Waals surface area contributed by atoms with Gasteiger partial charge in [-0.25, -0.2) is 4.79 Å². The van der Waals surface area contributed by atoms with E-state index in [1.54, 1.807) is 0 Å². The molecule has 0 unspecified atom stereocenters. The summed E-state index contributed by atoms with van der Waals surface area (Å²) in [6, 6.07) is 13.7. The lowest BCUT2D eigenvalue weighted by Gasteiger charge is -2.33. The predicted molar refractivity (Wildman–Crippen MR) is 104 cm³/mol. The van der Waals surface area contributed by atoms with Crippen molar-refractivity contribution in [3.63, 3.8) is 0 Å². The number of hydrogen-bond donors (Lipinski definition) is 1. The van der Waals surface area contributed by atoms with Gasteiger partial charge >= 0.3 is 6.09 Å². The Morgan fingerprint density at radius 2 is 1.76 bits per heavy atom. The number of benzene rings is 2.